The fourth-order valence-corrected chi connectivity index (χ4v) is 9.97. The Morgan fingerprint density at radius 2 is 1.64 bits per heavy atom. The van der Waals surface area contributed by atoms with Gasteiger partial charge in [0.05, 0.1) is 5.41 Å². The standard InChI is InChI=1S/C56H52N2/c1-6-18-39(19-7-2)40-31-33-42(34-32-40)57-53-28-17-27-51-55(53)54(49-25-14-13-23-46(49)41-29-30-41)38(5)56(51)50-26-16-15-24-47(50)48-36-35-45(37-52(48)56)58(43(9-4)20-8-3)44-21-11-10-12-22-44/h6,8-14,16-23,25-28,31-37,41,57H,3-4,7,15,24,29-30H2,1-2,5H3/b18-6-,39-19+,43-20+. The van der Waals surface area contributed by atoms with Crippen LogP contribution < -0.4 is 10.2 Å². The highest BCUT2D eigenvalue weighted by Crippen LogP contribution is 2.65. The molecule has 1 fully saturated rings. The van der Waals surface area contributed by atoms with Crippen molar-refractivity contribution < 1.29 is 0 Å². The molecule has 0 aliphatic heterocycles. The Bertz CT molecular complexity index is 2620. The van der Waals surface area contributed by atoms with Gasteiger partial charge in [0.25, 0.3) is 0 Å². The molecule has 0 saturated heterocycles. The second kappa shape index (κ2) is 15.5. The van der Waals surface area contributed by atoms with E-state index in [4.69, 9.17) is 0 Å². The van der Waals surface area contributed by atoms with E-state index in [-0.39, 0.29) is 0 Å². The monoisotopic (exact) mass is 752 g/mol. The average Bonchev–Trinajstić information content (AvgIpc) is 4.02. The van der Waals surface area contributed by atoms with Gasteiger partial charge in [0.15, 0.2) is 0 Å². The van der Waals surface area contributed by atoms with E-state index in [2.05, 4.69) is 190 Å². The molecule has 4 aliphatic rings. The zero-order valence-electron chi connectivity index (χ0n) is 34.1. The minimum Gasteiger partial charge on any atom is -0.355 e. The van der Waals surface area contributed by atoms with Crippen LogP contribution in [0.25, 0.3) is 16.7 Å². The van der Waals surface area contributed by atoms with Gasteiger partial charge < -0.3 is 10.2 Å². The van der Waals surface area contributed by atoms with Gasteiger partial charge in [0.2, 0.25) is 0 Å². The molecule has 2 heteroatoms. The number of para-hydroxylation sites is 1. The Kier molecular flexibility index (Phi) is 9.96. The molecule has 0 aromatic heterocycles. The zero-order chi connectivity index (χ0) is 39.8. The predicted octanol–water partition coefficient (Wildman–Crippen LogP) is 15.3. The lowest BCUT2D eigenvalue weighted by molar-refractivity contribution is 0.754. The Morgan fingerprint density at radius 1 is 0.845 bits per heavy atom. The Balaban J connectivity index is 1.29. The maximum Gasteiger partial charge on any atom is 0.0684 e. The van der Waals surface area contributed by atoms with Crippen LogP contribution in [0.5, 0.6) is 0 Å². The highest BCUT2D eigenvalue weighted by Gasteiger charge is 2.53. The number of benzene rings is 5. The maximum atomic E-state index is 4.25. The molecule has 0 radical (unpaired) electrons. The van der Waals surface area contributed by atoms with Gasteiger partial charge in [-0.2, -0.15) is 0 Å². The summed E-state index contributed by atoms with van der Waals surface area (Å²) in [4.78, 5) is 2.31. The van der Waals surface area contributed by atoms with Crippen molar-refractivity contribution in [1.29, 1.82) is 0 Å². The van der Waals surface area contributed by atoms with Crippen molar-refractivity contribution in [3.63, 3.8) is 0 Å². The molecule has 1 N–H and O–H groups in total. The average molecular weight is 753 g/mol. The van der Waals surface area contributed by atoms with Gasteiger partial charge in [-0.1, -0.05) is 129 Å². The van der Waals surface area contributed by atoms with E-state index in [0.717, 1.165) is 47.7 Å². The first kappa shape index (κ1) is 37.2. The van der Waals surface area contributed by atoms with Crippen LogP contribution in [0, 0.1) is 0 Å². The molecule has 5 aromatic rings. The third-order valence-electron chi connectivity index (χ3n) is 12.5. The minimum atomic E-state index is -0.467. The summed E-state index contributed by atoms with van der Waals surface area (Å²) in [6.45, 7) is 15.0. The Morgan fingerprint density at radius 3 is 2.38 bits per heavy atom. The lowest BCUT2D eigenvalue weighted by Gasteiger charge is -2.34. The SMILES string of the molecule is C=C/C=C(\C=C)N(c1ccccc1)c1ccc2c(c1)C1(C(C)=C(c3ccccc3C3CC3)c3c(Nc4ccc(C(/C=C\C)=C/CC)cc4)cccc31)C1=C2CCC=C1. The third kappa shape index (κ3) is 6.10. The van der Waals surface area contributed by atoms with Crippen molar-refractivity contribution in [2.24, 2.45) is 0 Å². The van der Waals surface area contributed by atoms with E-state index >= 15 is 0 Å². The highest BCUT2D eigenvalue weighted by atomic mass is 15.1. The summed E-state index contributed by atoms with van der Waals surface area (Å²) in [7, 11) is 0. The second-order valence-electron chi connectivity index (χ2n) is 15.9. The molecule has 0 heterocycles. The van der Waals surface area contributed by atoms with Crippen LogP contribution in [0.3, 0.4) is 0 Å². The van der Waals surface area contributed by atoms with Gasteiger partial charge >= 0.3 is 0 Å². The fraction of sp³-hybridized carbons (Fsp3) is 0.179. The van der Waals surface area contributed by atoms with Crippen LogP contribution >= 0.6 is 0 Å². The maximum absolute atomic E-state index is 4.25. The summed E-state index contributed by atoms with van der Waals surface area (Å²) in [5.74, 6) is 0.604. The predicted molar refractivity (Wildman–Crippen MR) is 249 cm³/mol. The topological polar surface area (TPSA) is 15.3 Å². The van der Waals surface area contributed by atoms with Gasteiger partial charge in [0.1, 0.15) is 0 Å². The van der Waals surface area contributed by atoms with Crippen LogP contribution in [0.4, 0.5) is 22.7 Å². The number of allylic oxidation sites excluding steroid dienone is 12. The molecule has 9 rings (SSSR count). The Labute approximate surface area is 345 Å². The summed E-state index contributed by atoms with van der Waals surface area (Å²) < 4.78 is 0. The minimum absolute atomic E-state index is 0.467. The molecule has 286 valence electrons. The van der Waals surface area contributed by atoms with Crippen LogP contribution in [-0.4, -0.2) is 0 Å². The number of anilines is 4. The summed E-state index contributed by atoms with van der Waals surface area (Å²) >= 11 is 0. The number of hydrogen-bond acceptors (Lipinski definition) is 2. The quantitative estimate of drug-likeness (QED) is 0.128. The van der Waals surface area contributed by atoms with Crippen molar-refractivity contribution in [1.82, 2.24) is 0 Å². The molecule has 4 aliphatic carbocycles. The molecule has 5 aromatic carbocycles. The normalized spacial score (nSPS) is 18.5. The molecular weight excluding hydrogens is 701 g/mol. The van der Waals surface area contributed by atoms with Crippen molar-refractivity contribution in [3.05, 3.63) is 233 Å². The van der Waals surface area contributed by atoms with Crippen LogP contribution in [0.15, 0.2) is 194 Å². The Hall–Kier alpha value is -6.38. The van der Waals surface area contributed by atoms with Gasteiger partial charge in [-0.05, 0) is 168 Å². The smallest absolute Gasteiger partial charge is 0.0684 e. The number of fused-ring (bicyclic) bond motifs is 6. The lowest BCUT2D eigenvalue weighted by Crippen LogP contribution is -2.28. The first-order valence-corrected chi connectivity index (χ1v) is 21.0. The number of hydrogen-bond donors (Lipinski definition) is 1. The summed E-state index contributed by atoms with van der Waals surface area (Å²) in [5, 5.41) is 3.97. The molecule has 58 heavy (non-hydrogen) atoms. The molecule has 0 bridgehead atoms. The molecule has 1 saturated carbocycles. The van der Waals surface area contributed by atoms with Gasteiger partial charge in [-0.3, -0.25) is 0 Å². The van der Waals surface area contributed by atoms with Gasteiger partial charge in [-0.25, -0.2) is 0 Å². The van der Waals surface area contributed by atoms with Crippen LogP contribution in [0.1, 0.15) is 97.7 Å². The molecular formula is C56H52N2. The molecule has 1 spiro atoms. The molecule has 1 atom stereocenters. The van der Waals surface area contributed by atoms with Crippen molar-refractivity contribution in [2.45, 2.75) is 64.2 Å². The largest absolute Gasteiger partial charge is 0.355 e. The first-order chi connectivity index (χ1) is 28.5. The lowest BCUT2D eigenvalue weighted by atomic mass is 9.68. The summed E-state index contributed by atoms with van der Waals surface area (Å²) in [5.41, 5.74) is 21.2. The van der Waals surface area contributed by atoms with Gasteiger partial charge in [0, 0.05) is 34.0 Å². The molecule has 1 unspecified atom stereocenters. The number of rotatable bonds is 12. The van der Waals surface area contributed by atoms with Gasteiger partial charge in [-0.15, -0.1) is 0 Å². The van der Waals surface area contributed by atoms with E-state index in [1.807, 2.05) is 18.2 Å². The number of nitrogens with one attached hydrogen (secondary N) is 1. The van der Waals surface area contributed by atoms with E-state index in [1.165, 1.54) is 79.7 Å². The zero-order valence-corrected chi connectivity index (χ0v) is 34.1. The van der Waals surface area contributed by atoms with E-state index in [9.17, 15) is 0 Å². The summed E-state index contributed by atoms with van der Waals surface area (Å²) in [6, 6.07) is 42.9. The van der Waals surface area contributed by atoms with E-state index in [1.54, 1.807) is 0 Å². The number of nitrogens with zero attached hydrogens (tertiary/aromatic N) is 1. The highest BCUT2D eigenvalue weighted by molar-refractivity contribution is 6.03. The van der Waals surface area contributed by atoms with Crippen molar-refractivity contribution in [2.75, 3.05) is 10.2 Å². The summed E-state index contributed by atoms with van der Waals surface area (Å²) in [6.07, 6.45) is 22.9. The first-order valence-electron chi connectivity index (χ1n) is 21.0. The van der Waals surface area contributed by atoms with Crippen molar-refractivity contribution >= 4 is 39.5 Å². The fourth-order valence-electron chi connectivity index (χ4n) is 9.97. The molecule has 0 amide bonds. The van der Waals surface area contributed by atoms with E-state index in [0.29, 0.717) is 5.92 Å². The van der Waals surface area contributed by atoms with Crippen LogP contribution in [-0.2, 0) is 5.41 Å². The van der Waals surface area contributed by atoms with Crippen molar-refractivity contribution in [3.8, 4) is 0 Å². The second-order valence-corrected chi connectivity index (χ2v) is 15.9. The third-order valence-corrected chi connectivity index (χ3v) is 12.5. The van der Waals surface area contributed by atoms with E-state index < -0.39 is 5.41 Å². The molecule has 2 nitrogen and oxygen atoms in total. The van der Waals surface area contributed by atoms with Crippen LogP contribution in [0.2, 0.25) is 0 Å².